The van der Waals surface area contributed by atoms with Crippen molar-refractivity contribution < 1.29 is 14.6 Å². The molecule has 282 valence electrons. The van der Waals surface area contributed by atoms with Gasteiger partial charge >= 0.3 is 5.97 Å². The van der Waals surface area contributed by atoms with E-state index in [1.807, 2.05) is 13.0 Å². The summed E-state index contributed by atoms with van der Waals surface area (Å²) in [6.45, 7) is 17.5. The third kappa shape index (κ3) is 8.14. The highest BCUT2D eigenvalue weighted by Crippen LogP contribution is 2.46. The number of ether oxygens (including phenoxy) is 1. The van der Waals surface area contributed by atoms with Gasteiger partial charge in [0, 0.05) is 52.8 Å². The molecule has 0 radical (unpaired) electrons. The van der Waals surface area contributed by atoms with Crippen LogP contribution >= 0.6 is 0 Å². The van der Waals surface area contributed by atoms with Gasteiger partial charge in [-0.25, -0.2) is 15.0 Å². The summed E-state index contributed by atoms with van der Waals surface area (Å²) >= 11 is 0. The van der Waals surface area contributed by atoms with Crippen LogP contribution in [-0.2, 0) is 9.53 Å². The standard InChI is InChI=1S/C46H60N4O3/c1-8-11-12-13-14-15-16-17-18-19-20-23-53-43(52)22-21-34-30(6)38-25-36-28(4)32(9-2)40(47-36)26-37-29(5)33(10-3)41(48-37)27-39-31(7)44-42(51)24-35(45(34)49-38)46(44)50-39/h9,25-27,30,34,49,51H,2,8,10-24H2,1,3-7H3/t30-,34-/m0/s1. The van der Waals surface area contributed by atoms with Gasteiger partial charge in [0.2, 0.25) is 0 Å². The van der Waals surface area contributed by atoms with Crippen molar-refractivity contribution in [2.24, 2.45) is 26.8 Å². The number of rotatable bonds is 17. The van der Waals surface area contributed by atoms with Crippen LogP contribution < -0.4 is 5.32 Å². The molecule has 2 N–H and O–H groups in total. The Balaban J connectivity index is 1.20. The van der Waals surface area contributed by atoms with E-state index in [4.69, 9.17) is 19.7 Å². The third-order valence-electron chi connectivity index (χ3n) is 12.0. The first kappa shape index (κ1) is 38.5. The van der Waals surface area contributed by atoms with Crippen molar-refractivity contribution in [1.29, 1.82) is 0 Å². The summed E-state index contributed by atoms with van der Waals surface area (Å²) in [7, 11) is 0. The van der Waals surface area contributed by atoms with Crippen LogP contribution in [0.1, 0.15) is 138 Å². The smallest absolute Gasteiger partial charge is 0.305 e. The molecular formula is C46H60N4O3. The van der Waals surface area contributed by atoms with Crippen LogP contribution in [0, 0.1) is 11.8 Å². The quantitative estimate of drug-likeness (QED) is 0.116. The summed E-state index contributed by atoms with van der Waals surface area (Å²) in [5.41, 5.74) is 14.5. The predicted molar refractivity (Wildman–Crippen MR) is 219 cm³/mol. The number of nitrogens with zero attached hydrogens (tertiary/aromatic N) is 3. The van der Waals surface area contributed by atoms with Crippen LogP contribution in [0.3, 0.4) is 0 Å². The van der Waals surface area contributed by atoms with Gasteiger partial charge in [0.15, 0.2) is 0 Å². The van der Waals surface area contributed by atoms with E-state index in [9.17, 15) is 9.90 Å². The zero-order chi connectivity index (χ0) is 37.6. The highest BCUT2D eigenvalue weighted by Gasteiger charge is 2.41. The number of carbonyl (C=O) groups excluding carboxylic acids is 1. The average Bonchev–Trinajstić information content (AvgIpc) is 3.89. The Morgan fingerprint density at radius 1 is 0.887 bits per heavy atom. The first-order valence-electron chi connectivity index (χ1n) is 20.4. The lowest BCUT2D eigenvalue weighted by atomic mass is 9.86. The molecule has 8 bridgehead atoms. The average molecular weight is 717 g/mol. The number of hydrogen-bond donors (Lipinski definition) is 2. The Hall–Kier alpha value is -4.26. The fraction of sp³-hybridized carbons (Fsp3) is 0.522. The molecular weight excluding hydrogens is 657 g/mol. The van der Waals surface area contributed by atoms with E-state index in [0.717, 1.165) is 98.3 Å². The lowest BCUT2D eigenvalue weighted by Crippen LogP contribution is -2.16. The Morgan fingerprint density at radius 3 is 2.23 bits per heavy atom. The molecule has 5 aliphatic heterocycles. The molecule has 0 saturated carbocycles. The number of aliphatic hydroxyl groups is 1. The summed E-state index contributed by atoms with van der Waals surface area (Å²) in [6.07, 6.45) is 24.3. The second kappa shape index (κ2) is 17.3. The van der Waals surface area contributed by atoms with E-state index >= 15 is 0 Å². The minimum Gasteiger partial charge on any atom is -0.511 e. The van der Waals surface area contributed by atoms with Gasteiger partial charge in [-0.3, -0.25) is 4.79 Å². The van der Waals surface area contributed by atoms with Gasteiger partial charge in [-0.1, -0.05) is 97.6 Å². The zero-order valence-corrected chi connectivity index (χ0v) is 33.1. The second-order valence-electron chi connectivity index (χ2n) is 15.5. The Kier molecular flexibility index (Phi) is 12.5. The fourth-order valence-corrected chi connectivity index (χ4v) is 8.68. The van der Waals surface area contributed by atoms with E-state index < -0.39 is 0 Å². The van der Waals surface area contributed by atoms with Crippen molar-refractivity contribution >= 4 is 23.1 Å². The predicted octanol–water partition coefficient (Wildman–Crippen LogP) is 11.5. The fourth-order valence-electron chi connectivity index (χ4n) is 8.68. The molecule has 6 rings (SSSR count). The van der Waals surface area contributed by atoms with Gasteiger partial charge in [0.05, 0.1) is 40.8 Å². The number of allylic oxidation sites excluding steroid dienone is 12. The Bertz CT molecular complexity index is 1880. The van der Waals surface area contributed by atoms with Crippen molar-refractivity contribution in [3.05, 3.63) is 104 Å². The van der Waals surface area contributed by atoms with Crippen LogP contribution in [0.4, 0.5) is 0 Å². The lowest BCUT2D eigenvalue weighted by molar-refractivity contribution is -0.144. The molecule has 1 aliphatic carbocycles. The van der Waals surface area contributed by atoms with Crippen LogP contribution in [0.15, 0.2) is 119 Å². The molecule has 0 aromatic carbocycles. The molecule has 6 aliphatic rings. The number of nitrogens with one attached hydrogen (secondary N) is 1. The molecule has 0 spiro atoms. The van der Waals surface area contributed by atoms with Crippen LogP contribution in [-0.4, -0.2) is 34.8 Å². The number of esters is 1. The summed E-state index contributed by atoms with van der Waals surface area (Å²) in [5.74, 6) is 0.316. The molecule has 7 nitrogen and oxygen atoms in total. The number of hydrogen-bond acceptors (Lipinski definition) is 7. The largest absolute Gasteiger partial charge is 0.511 e. The van der Waals surface area contributed by atoms with Gasteiger partial charge in [0.1, 0.15) is 5.76 Å². The first-order chi connectivity index (χ1) is 25.7. The van der Waals surface area contributed by atoms with E-state index in [0.29, 0.717) is 31.6 Å². The van der Waals surface area contributed by atoms with Gasteiger partial charge in [0.25, 0.3) is 0 Å². The molecule has 0 aromatic heterocycles. The summed E-state index contributed by atoms with van der Waals surface area (Å²) in [6, 6.07) is 0. The monoisotopic (exact) mass is 716 g/mol. The normalized spacial score (nSPS) is 22.0. The Morgan fingerprint density at radius 2 is 1.55 bits per heavy atom. The number of aliphatic hydroxyl groups excluding tert-OH is 1. The van der Waals surface area contributed by atoms with Crippen molar-refractivity contribution in [2.75, 3.05) is 6.61 Å². The first-order valence-corrected chi connectivity index (χ1v) is 20.4. The molecule has 1 fully saturated rings. The molecule has 0 amide bonds. The highest BCUT2D eigenvalue weighted by molar-refractivity contribution is 6.21. The maximum atomic E-state index is 13.1. The van der Waals surface area contributed by atoms with Gasteiger partial charge in [-0.2, -0.15) is 0 Å². The van der Waals surface area contributed by atoms with Crippen LogP contribution in [0.25, 0.3) is 0 Å². The summed E-state index contributed by atoms with van der Waals surface area (Å²) < 4.78 is 5.74. The number of aliphatic imine (C=N–C) groups is 3. The number of unbranched alkanes of at least 4 members (excludes halogenated alkanes) is 10. The minimum absolute atomic E-state index is 0.0260. The minimum atomic E-state index is -0.141. The van der Waals surface area contributed by atoms with E-state index in [1.54, 1.807) is 0 Å². The molecule has 0 unspecified atom stereocenters. The number of carbonyl (C=O) groups is 1. The third-order valence-corrected chi connectivity index (χ3v) is 12.0. The van der Waals surface area contributed by atoms with Gasteiger partial charge < -0.3 is 15.2 Å². The molecule has 53 heavy (non-hydrogen) atoms. The lowest BCUT2D eigenvalue weighted by Gasteiger charge is -2.17. The molecule has 7 heteroatoms. The van der Waals surface area contributed by atoms with E-state index in [-0.39, 0.29) is 17.8 Å². The van der Waals surface area contributed by atoms with Crippen molar-refractivity contribution in [3.8, 4) is 0 Å². The number of fused-ring (bicyclic) bond motifs is 5. The highest BCUT2D eigenvalue weighted by atomic mass is 16.5. The van der Waals surface area contributed by atoms with Crippen LogP contribution in [0.2, 0.25) is 0 Å². The van der Waals surface area contributed by atoms with Crippen molar-refractivity contribution in [1.82, 2.24) is 5.32 Å². The second-order valence-corrected chi connectivity index (χ2v) is 15.5. The van der Waals surface area contributed by atoms with E-state index in [2.05, 4.69) is 64.7 Å². The topological polar surface area (TPSA) is 95.6 Å². The summed E-state index contributed by atoms with van der Waals surface area (Å²) in [4.78, 5) is 28.5. The van der Waals surface area contributed by atoms with E-state index in [1.165, 1.54) is 63.4 Å². The molecule has 1 saturated heterocycles. The maximum absolute atomic E-state index is 13.1. The molecule has 2 atom stereocenters. The maximum Gasteiger partial charge on any atom is 0.305 e. The van der Waals surface area contributed by atoms with Crippen molar-refractivity contribution in [2.45, 2.75) is 138 Å². The van der Waals surface area contributed by atoms with Crippen molar-refractivity contribution in [3.63, 3.8) is 0 Å². The Labute approximate surface area is 317 Å². The SMILES string of the molecule is C=CC1=C(C)C2=NC1=CC1=NC(=CC3=C(C)C4=C(O)CC(=C5NC(=C2)[C@@H](C)[C@@H]5CCC(=O)OCCCCCCCCCCCCC)C4=N3)C(CC)=C1C. The molecule has 0 aromatic rings. The zero-order valence-electron chi connectivity index (χ0n) is 33.1. The summed E-state index contributed by atoms with van der Waals surface area (Å²) in [5, 5.41) is 15.2. The molecule has 5 heterocycles. The van der Waals surface area contributed by atoms with Crippen LogP contribution in [0.5, 0.6) is 0 Å². The van der Waals surface area contributed by atoms with Gasteiger partial charge in [-0.05, 0) is 80.6 Å². The van der Waals surface area contributed by atoms with Gasteiger partial charge in [-0.15, -0.1) is 0 Å².